The molecule has 92 valence electrons. The van der Waals surface area contributed by atoms with Gasteiger partial charge in [0.25, 0.3) is 0 Å². The molecule has 2 aliphatic rings. The molecular formula is C12H17N3O2. The second-order valence-corrected chi connectivity index (χ2v) is 4.89. The molecule has 1 saturated carbocycles. The molecule has 1 aliphatic heterocycles. The summed E-state index contributed by atoms with van der Waals surface area (Å²) in [5, 5.41) is 16.9. The molecule has 0 atom stereocenters. The summed E-state index contributed by atoms with van der Waals surface area (Å²) in [6.45, 7) is 1.61. The maximum atomic E-state index is 11.2. The van der Waals surface area contributed by atoms with Crippen LogP contribution in [-0.4, -0.2) is 27.4 Å². The number of fused-ring (bicyclic) bond motifs is 1. The van der Waals surface area contributed by atoms with E-state index < -0.39 is 5.97 Å². The summed E-state index contributed by atoms with van der Waals surface area (Å²) in [4.78, 5) is 11.2. The normalized spacial score (nSPS) is 20.5. The zero-order valence-electron chi connectivity index (χ0n) is 9.78. The van der Waals surface area contributed by atoms with E-state index in [0.717, 1.165) is 43.6 Å². The van der Waals surface area contributed by atoms with Crippen molar-refractivity contribution in [1.82, 2.24) is 15.1 Å². The van der Waals surface area contributed by atoms with E-state index in [9.17, 15) is 9.90 Å². The highest BCUT2D eigenvalue weighted by molar-refractivity contribution is 5.87. The van der Waals surface area contributed by atoms with Gasteiger partial charge in [0.2, 0.25) is 0 Å². The minimum absolute atomic E-state index is 0.272. The first-order valence-electron chi connectivity index (χ1n) is 6.31. The number of carboxylic acid groups (broad SMARTS) is 1. The van der Waals surface area contributed by atoms with Gasteiger partial charge < -0.3 is 10.4 Å². The summed E-state index contributed by atoms with van der Waals surface area (Å²) in [5.74, 6) is -0.889. The van der Waals surface area contributed by atoms with E-state index in [1.807, 2.05) is 4.68 Å². The number of aromatic nitrogens is 2. The lowest BCUT2D eigenvalue weighted by Gasteiger charge is -2.18. The van der Waals surface area contributed by atoms with Crippen LogP contribution in [0.15, 0.2) is 0 Å². The van der Waals surface area contributed by atoms with E-state index >= 15 is 0 Å². The van der Waals surface area contributed by atoms with Crippen LogP contribution in [0.4, 0.5) is 0 Å². The van der Waals surface area contributed by atoms with Gasteiger partial charge >= 0.3 is 5.97 Å². The summed E-state index contributed by atoms with van der Waals surface area (Å²) < 4.78 is 1.98. The van der Waals surface area contributed by atoms with Crippen LogP contribution in [0.2, 0.25) is 0 Å². The Labute approximate surface area is 99.8 Å². The molecule has 0 radical (unpaired) electrons. The SMILES string of the molecule is O=C(O)c1nn(C2CCCC2)c2c1CCNC2. The number of nitrogens with one attached hydrogen (secondary N) is 1. The maximum absolute atomic E-state index is 11.2. The molecule has 1 fully saturated rings. The Morgan fingerprint density at radius 1 is 1.41 bits per heavy atom. The molecule has 0 unspecified atom stereocenters. The quantitative estimate of drug-likeness (QED) is 0.811. The lowest BCUT2D eigenvalue weighted by Crippen LogP contribution is -2.26. The Kier molecular flexibility index (Phi) is 2.63. The van der Waals surface area contributed by atoms with Crippen molar-refractivity contribution in [2.45, 2.75) is 44.7 Å². The van der Waals surface area contributed by atoms with Gasteiger partial charge in [-0.2, -0.15) is 5.10 Å². The summed E-state index contributed by atoms with van der Waals surface area (Å²) in [7, 11) is 0. The van der Waals surface area contributed by atoms with Crippen molar-refractivity contribution in [3.05, 3.63) is 17.0 Å². The smallest absolute Gasteiger partial charge is 0.356 e. The molecule has 0 aromatic carbocycles. The van der Waals surface area contributed by atoms with E-state index in [0.29, 0.717) is 6.04 Å². The van der Waals surface area contributed by atoms with Gasteiger partial charge in [0.15, 0.2) is 5.69 Å². The summed E-state index contributed by atoms with van der Waals surface area (Å²) in [5.41, 5.74) is 2.32. The zero-order valence-corrected chi connectivity index (χ0v) is 9.78. The molecule has 5 heteroatoms. The van der Waals surface area contributed by atoms with Crippen LogP contribution in [0.25, 0.3) is 0 Å². The lowest BCUT2D eigenvalue weighted by molar-refractivity contribution is 0.0688. The molecule has 3 rings (SSSR count). The third-order valence-electron chi connectivity index (χ3n) is 3.84. The monoisotopic (exact) mass is 235 g/mol. The van der Waals surface area contributed by atoms with E-state index in [2.05, 4.69) is 10.4 Å². The van der Waals surface area contributed by atoms with Crippen LogP contribution >= 0.6 is 0 Å². The Morgan fingerprint density at radius 3 is 2.88 bits per heavy atom. The predicted molar refractivity (Wildman–Crippen MR) is 62.1 cm³/mol. The maximum Gasteiger partial charge on any atom is 0.356 e. The van der Waals surface area contributed by atoms with Crippen molar-refractivity contribution in [2.24, 2.45) is 0 Å². The molecule has 1 aromatic heterocycles. The summed E-state index contributed by atoms with van der Waals surface area (Å²) in [6, 6.07) is 0.414. The molecule has 1 aliphatic carbocycles. The van der Waals surface area contributed by atoms with Crippen LogP contribution in [0.5, 0.6) is 0 Å². The average Bonchev–Trinajstić information content (AvgIpc) is 2.95. The van der Waals surface area contributed by atoms with Gasteiger partial charge in [-0.15, -0.1) is 0 Å². The van der Waals surface area contributed by atoms with Crippen molar-refractivity contribution in [3.8, 4) is 0 Å². The van der Waals surface area contributed by atoms with Gasteiger partial charge in [-0.05, 0) is 25.8 Å². The highest BCUT2D eigenvalue weighted by Gasteiger charge is 2.28. The molecule has 0 saturated heterocycles. The van der Waals surface area contributed by atoms with E-state index in [1.54, 1.807) is 0 Å². The van der Waals surface area contributed by atoms with Crippen molar-refractivity contribution in [2.75, 3.05) is 6.54 Å². The molecule has 2 heterocycles. The molecular weight excluding hydrogens is 218 g/mol. The van der Waals surface area contributed by atoms with Crippen LogP contribution in [-0.2, 0) is 13.0 Å². The molecule has 0 amide bonds. The molecule has 0 spiro atoms. The first kappa shape index (κ1) is 10.8. The van der Waals surface area contributed by atoms with E-state index in [4.69, 9.17) is 0 Å². The number of aromatic carboxylic acids is 1. The minimum atomic E-state index is -0.889. The Balaban J connectivity index is 2.05. The average molecular weight is 235 g/mol. The van der Waals surface area contributed by atoms with Crippen molar-refractivity contribution in [3.63, 3.8) is 0 Å². The standard InChI is InChI=1S/C12H17N3O2/c16-12(17)11-9-5-6-13-7-10(9)15(14-11)8-3-1-2-4-8/h8,13H,1-7H2,(H,16,17). The van der Waals surface area contributed by atoms with Gasteiger partial charge in [0.1, 0.15) is 0 Å². The van der Waals surface area contributed by atoms with E-state index in [1.165, 1.54) is 12.8 Å². The Bertz CT molecular complexity index is 447. The fraction of sp³-hybridized carbons (Fsp3) is 0.667. The Hall–Kier alpha value is -1.36. The Morgan fingerprint density at radius 2 is 2.18 bits per heavy atom. The third kappa shape index (κ3) is 1.74. The minimum Gasteiger partial charge on any atom is -0.476 e. The first-order chi connectivity index (χ1) is 8.27. The molecule has 1 aromatic rings. The number of hydrogen-bond acceptors (Lipinski definition) is 3. The van der Waals surface area contributed by atoms with Gasteiger partial charge in [0.05, 0.1) is 11.7 Å². The summed E-state index contributed by atoms with van der Waals surface area (Å²) in [6.07, 6.45) is 5.51. The lowest BCUT2D eigenvalue weighted by atomic mass is 10.1. The second kappa shape index (κ2) is 4.14. The number of hydrogen-bond donors (Lipinski definition) is 2. The third-order valence-corrected chi connectivity index (χ3v) is 3.84. The van der Waals surface area contributed by atoms with Gasteiger partial charge in [-0.25, -0.2) is 4.79 Å². The topological polar surface area (TPSA) is 67.1 Å². The number of nitrogens with zero attached hydrogens (tertiary/aromatic N) is 2. The van der Waals surface area contributed by atoms with Crippen molar-refractivity contribution in [1.29, 1.82) is 0 Å². The fourth-order valence-corrected chi connectivity index (χ4v) is 3.00. The van der Waals surface area contributed by atoms with Crippen molar-refractivity contribution < 1.29 is 9.90 Å². The largest absolute Gasteiger partial charge is 0.476 e. The number of carboxylic acids is 1. The van der Waals surface area contributed by atoms with Crippen molar-refractivity contribution >= 4 is 5.97 Å². The van der Waals surface area contributed by atoms with Crippen LogP contribution in [0.3, 0.4) is 0 Å². The van der Waals surface area contributed by atoms with Gasteiger partial charge in [-0.1, -0.05) is 12.8 Å². The zero-order chi connectivity index (χ0) is 11.8. The highest BCUT2D eigenvalue weighted by Crippen LogP contribution is 2.32. The first-order valence-corrected chi connectivity index (χ1v) is 6.31. The van der Waals surface area contributed by atoms with Crippen LogP contribution < -0.4 is 5.32 Å². The van der Waals surface area contributed by atoms with E-state index in [-0.39, 0.29) is 5.69 Å². The second-order valence-electron chi connectivity index (χ2n) is 4.89. The highest BCUT2D eigenvalue weighted by atomic mass is 16.4. The number of rotatable bonds is 2. The van der Waals surface area contributed by atoms with Crippen LogP contribution in [0, 0.1) is 0 Å². The molecule has 2 N–H and O–H groups in total. The molecule has 0 bridgehead atoms. The van der Waals surface area contributed by atoms with Gasteiger partial charge in [-0.3, -0.25) is 4.68 Å². The summed E-state index contributed by atoms with van der Waals surface area (Å²) >= 11 is 0. The molecule has 5 nitrogen and oxygen atoms in total. The fourth-order valence-electron chi connectivity index (χ4n) is 3.00. The molecule has 17 heavy (non-hydrogen) atoms. The predicted octanol–water partition coefficient (Wildman–Crippen LogP) is 1.34. The van der Waals surface area contributed by atoms with Crippen LogP contribution in [0.1, 0.15) is 53.5 Å². The number of carbonyl (C=O) groups is 1. The van der Waals surface area contributed by atoms with Gasteiger partial charge in [0, 0.05) is 12.1 Å².